The molecule has 1 aromatic carbocycles. The predicted octanol–water partition coefficient (Wildman–Crippen LogP) is 2.84. The van der Waals surface area contributed by atoms with E-state index in [1.165, 1.54) is 0 Å². The number of carbonyl (C=O) groups excluding carboxylic acids is 1. The third-order valence-electron chi connectivity index (χ3n) is 2.14. The summed E-state index contributed by atoms with van der Waals surface area (Å²) in [6.45, 7) is 7.37. The van der Waals surface area contributed by atoms with Crippen molar-refractivity contribution in [3.8, 4) is 0 Å². The average molecular weight is 208 g/mol. The minimum Gasteiger partial charge on any atom is -0.322 e. The SMILES string of the molecule is C=Cc1cc(C)c(C(=O)[PH2]=O)c(C)c1. The van der Waals surface area contributed by atoms with E-state index in [9.17, 15) is 9.36 Å². The van der Waals surface area contributed by atoms with E-state index in [1.807, 2.05) is 26.0 Å². The Labute approximate surface area is 84.8 Å². The Hall–Kier alpha value is -1.14. The molecule has 0 aliphatic rings. The molecule has 2 nitrogen and oxygen atoms in total. The van der Waals surface area contributed by atoms with Gasteiger partial charge in [0.05, 0.1) is 0 Å². The highest BCUT2D eigenvalue weighted by molar-refractivity contribution is 7.47. The van der Waals surface area contributed by atoms with Crippen molar-refractivity contribution in [1.29, 1.82) is 0 Å². The Bertz CT molecular complexity index is 385. The highest BCUT2D eigenvalue weighted by atomic mass is 31.1. The van der Waals surface area contributed by atoms with Crippen LogP contribution >= 0.6 is 8.46 Å². The van der Waals surface area contributed by atoms with Crippen molar-refractivity contribution in [3.63, 3.8) is 0 Å². The topological polar surface area (TPSA) is 34.1 Å². The van der Waals surface area contributed by atoms with E-state index < -0.39 is 8.46 Å². The van der Waals surface area contributed by atoms with Crippen LogP contribution in [0.1, 0.15) is 27.0 Å². The van der Waals surface area contributed by atoms with Crippen LogP contribution in [0.5, 0.6) is 0 Å². The van der Waals surface area contributed by atoms with Crippen molar-refractivity contribution >= 4 is 20.1 Å². The smallest absolute Gasteiger partial charge is 0.216 e. The molecule has 0 aliphatic heterocycles. The van der Waals surface area contributed by atoms with Crippen LogP contribution in [0.25, 0.3) is 6.08 Å². The van der Waals surface area contributed by atoms with Crippen LogP contribution in [0.3, 0.4) is 0 Å². The van der Waals surface area contributed by atoms with E-state index in [1.54, 1.807) is 6.08 Å². The van der Waals surface area contributed by atoms with Crippen LogP contribution in [0.4, 0.5) is 0 Å². The third-order valence-corrected chi connectivity index (χ3v) is 2.65. The molecule has 0 heterocycles. The van der Waals surface area contributed by atoms with Crippen LogP contribution in [0.2, 0.25) is 0 Å². The molecule has 0 bridgehead atoms. The zero-order valence-corrected chi connectivity index (χ0v) is 9.49. The lowest BCUT2D eigenvalue weighted by Crippen LogP contribution is -1.98. The Morgan fingerprint density at radius 2 is 1.86 bits per heavy atom. The van der Waals surface area contributed by atoms with Gasteiger partial charge in [0.25, 0.3) is 0 Å². The maximum atomic E-state index is 11.4. The number of hydrogen-bond acceptors (Lipinski definition) is 2. The molecule has 0 saturated carbocycles. The molecule has 1 atom stereocenters. The maximum Gasteiger partial charge on any atom is 0.216 e. The molecule has 3 heteroatoms. The summed E-state index contributed by atoms with van der Waals surface area (Å²) in [6.07, 6.45) is 1.73. The van der Waals surface area contributed by atoms with Crippen molar-refractivity contribution in [2.45, 2.75) is 13.8 Å². The van der Waals surface area contributed by atoms with Gasteiger partial charge in [-0.2, -0.15) is 0 Å². The Morgan fingerprint density at radius 1 is 1.36 bits per heavy atom. The van der Waals surface area contributed by atoms with E-state index >= 15 is 0 Å². The molecule has 14 heavy (non-hydrogen) atoms. The zero-order valence-electron chi connectivity index (χ0n) is 8.33. The first kappa shape index (κ1) is 10.9. The predicted molar refractivity (Wildman–Crippen MR) is 60.7 cm³/mol. The number of benzene rings is 1. The summed E-state index contributed by atoms with van der Waals surface area (Å²) < 4.78 is 10.6. The lowest BCUT2D eigenvalue weighted by Gasteiger charge is -2.07. The van der Waals surface area contributed by atoms with Crippen molar-refractivity contribution < 1.29 is 9.36 Å². The van der Waals surface area contributed by atoms with Gasteiger partial charge in [0, 0.05) is 5.56 Å². The van der Waals surface area contributed by atoms with E-state index in [0.29, 0.717) is 5.56 Å². The van der Waals surface area contributed by atoms with Crippen LogP contribution in [-0.4, -0.2) is 5.52 Å². The molecule has 0 radical (unpaired) electrons. The molecule has 1 unspecified atom stereocenters. The van der Waals surface area contributed by atoms with Gasteiger partial charge in [-0.1, -0.05) is 24.8 Å². The maximum absolute atomic E-state index is 11.4. The van der Waals surface area contributed by atoms with Gasteiger partial charge in [-0.05, 0) is 30.5 Å². The summed E-state index contributed by atoms with van der Waals surface area (Å²) in [6, 6.07) is 3.75. The second-order valence-electron chi connectivity index (χ2n) is 3.22. The van der Waals surface area contributed by atoms with Gasteiger partial charge in [0.15, 0.2) is 0 Å². The van der Waals surface area contributed by atoms with Crippen LogP contribution < -0.4 is 0 Å². The first-order valence-corrected chi connectivity index (χ1v) is 5.38. The quantitative estimate of drug-likeness (QED) is 0.716. The van der Waals surface area contributed by atoms with Crippen LogP contribution in [-0.2, 0) is 4.57 Å². The lowest BCUT2D eigenvalue weighted by atomic mass is 10.0. The zero-order chi connectivity index (χ0) is 10.7. The van der Waals surface area contributed by atoms with Gasteiger partial charge in [0.2, 0.25) is 5.52 Å². The summed E-state index contributed by atoms with van der Waals surface area (Å²) in [5.41, 5.74) is 3.06. The summed E-state index contributed by atoms with van der Waals surface area (Å²) in [5, 5.41) is 0. The van der Waals surface area contributed by atoms with Crippen LogP contribution in [0.15, 0.2) is 18.7 Å². The number of aryl methyl sites for hydroxylation is 2. The fourth-order valence-corrected chi connectivity index (χ4v) is 2.14. The van der Waals surface area contributed by atoms with Gasteiger partial charge in [-0.25, -0.2) is 0 Å². The molecule has 0 fully saturated rings. The Balaban J connectivity index is 3.38. The highest BCUT2D eigenvalue weighted by Gasteiger charge is 2.10. The van der Waals surface area contributed by atoms with Crippen molar-refractivity contribution in [1.82, 2.24) is 0 Å². The highest BCUT2D eigenvalue weighted by Crippen LogP contribution is 2.21. The van der Waals surface area contributed by atoms with Crippen molar-refractivity contribution in [2.24, 2.45) is 0 Å². The Kier molecular flexibility index (Phi) is 3.43. The molecule has 0 aromatic heterocycles. The second-order valence-corrected chi connectivity index (χ2v) is 3.98. The summed E-state index contributed by atoms with van der Waals surface area (Å²) in [7, 11) is -1.38. The largest absolute Gasteiger partial charge is 0.322 e. The molecular weight excluding hydrogens is 195 g/mol. The molecule has 1 rings (SSSR count). The molecule has 0 saturated heterocycles. The normalized spacial score (nSPS) is 10.7. The molecule has 0 aliphatic carbocycles. The van der Waals surface area contributed by atoms with E-state index in [2.05, 4.69) is 6.58 Å². The van der Waals surface area contributed by atoms with E-state index in [-0.39, 0.29) is 5.52 Å². The van der Waals surface area contributed by atoms with Gasteiger partial charge >= 0.3 is 0 Å². The summed E-state index contributed by atoms with van der Waals surface area (Å²) in [4.78, 5) is 11.4. The number of carbonyl (C=O) groups is 1. The van der Waals surface area contributed by atoms with Gasteiger partial charge in [0.1, 0.15) is 8.46 Å². The summed E-state index contributed by atoms with van der Waals surface area (Å²) in [5.74, 6) is 0. The molecule has 0 spiro atoms. The fraction of sp³-hybridized carbons (Fsp3) is 0.182. The first-order valence-electron chi connectivity index (χ1n) is 4.33. The lowest BCUT2D eigenvalue weighted by molar-refractivity contribution is 0.108. The minimum atomic E-state index is -1.38. The minimum absolute atomic E-state index is 0.254. The fourth-order valence-electron chi connectivity index (χ4n) is 1.56. The Morgan fingerprint density at radius 3 is 2.21 bits per heavy atom. The van der Waals surface area contributed by atoms with E-state index in [4.69, 9.17) is 0 Å². The molecule has 74 valence electrons. The molecule has 0 N–H and O–H groups in total. The second kappa shape index (κ2) is 4.39. The third kappa shape index (κ3) is 2.02. The summed E-state index contributed by atoms with van der Waals surface area (Å²) >= 11 is 0. The molecule has 1 aromatic rings. The average Bonchev–Trinajstić information content (AvgIpc) is 2.16. The van der Waals surface area contributed by atoms with Crippen LogP contribution in [0, 0.1) is 13.8 Å². The molecular formula is C11H13O2P. The van der Waals surface area contributed by atoms with E-state index in [0.717, 1.165) is 16.7 Å². The van der Waals surface area contributed by atoms with Gasteiger partial charge in [-0.3, -0.25) is 4.79 Å². The standard InChI is InChI=1S/C11H13O2P/c1-4-9-5-7(2)10(8(3)6-9)11(12)14-13/h4-6H,1,14H2,2-3H3. The number of hydrogen-bond donors (Lipinski definition) is 0. The van der Waals surface area contributed by atoms with Crippen molar-refractivity contribution in [3.05, 3.63) is 41.0 Å². The molecule has 0 amide bonds. The monoisotopic (exact) mass is 208 g/mol. The van der Waals surface area contributed by atoms with Gasteiger partial charge in [-0.15, -0.1) is 0 Å². The van der Waals surface area contributed by atoms with Gasteiger partial charge < -0.3 is 4.57 Å². The first-order chi connectivity index (χ1) is 6.60. The van der Waals surface area contributed by atoms with Crippen molar-refractivity contribution in [2.75, 3.05) is 0 Å². The number of rotatable bonds is 3.